The fraction of sp³-hybridized carbons (Fsp3) is 0.158. The summed E-state index contributed by atoms with van der Waals surface area (Å²) in [5.41, 5.74) is 2.04. The van der Waals surface area contributed by atoms with Gasteiger partial charge >= 0.3 is 5.97 Å². The predicted molar refractivity (Wildman–Crippen MR) is 94.0 cm³/mol. The van der Waals surface area contributed by atoms with E-state index >= 15 is 0 Å². The summed E-state index contributed by atoms with van der Waals surface area (Å²) in [6, 6.07) is 18.2. The maximum Gasteiger partial charge on any atom is 0.346 e. The number of aryl methyl sites for hydroxylation is 1. The average Bonchev–Trinajstić information content (AvgIpc) is 2.99. The van der Waals surface area contributed by atoms with Crippen LogP contribution in [-0.2, 0) is 6.42 Å². The number of halogens is 1. The number of benzene rings is 2. The van der Waals surface area contributed by atoms with E-state index in [4.69, 9.17) is 16.3 Å². The Labute approximate surface area is 145 Å². The molecule has 0 radical (unpaired) electrons. The topological polar surface area (TPSA) is 44.1 Å². The number of carbonyl (C=O) groups excluding carboxylic acids is 1. The largest absolute Gasteiger partial charge is 0.404 e. The Morgan fingerprint density at radius 2 is 1.83 bits per heavy atom. The number of esters is 1. The zero-order valence-corrected chi connectivity index (χ0v) is 14.0. The third kappa shape index (κ3) is 3.49. The van der Waals surface area contributed by atoms with E-state index in [-0.39, 0.29) is 0 Å². The minimum atomic E-state index is -0.499. The molecule has 3 rings (SSSR count). The van der Waals surface area contributed by atoms with Crippen LogP contribution >= 0.6 is 11.6 Å². The van der Waals surface area contributed by atoms with E-state index in [1.54, 1.807) is 35.0 Å². The van der Waals surface area contributed by atoms with Gasteiger partial charge in [-0.3, -0.25) is 0 Å². The molecule has 122 valence electrons. The molecule has 0 amide bonds. The lowest BCUT2D eigenvalue weighted by atomic mass is 10.2. The smallest absolute Gasteiger partial charge is 0.346 e. The van der Waals surface area contributed by atoms with Gasteiger partial charge in [-0.1, -0.05) is 55.3 Å². The first-order chi connectivity index (χ1) is 11.7. The molecule has 1 aromatic heterocycles. The zero-order chi connectivity index (χ0) is 16.9. The van der Waals surface area contributed by atoms with Crippen LogP contribution in [0.2, 0.25) is 5.02 Å². The molecule has 0 fully saturated rings. The van der Waals surface area contributed by atoms with Crippen molar-refractivity contribution in [2.24, 2.45) is 0 Å². The Kier molecular flexibility index (Phi) is 4.96. The molecule has 0 aliphatic heterocycles. The molecular formula is C19H17ClN2O2. The summed E-state index contributed by atoms with van der Waals surface area (Å²) in [5.74, 6) is -0.115. The lowest BCUT2D eigenvalue weighted by Crippen LogP contribution is -2.12. The summed E-state index contributed by atoms with van der Waals surface area (Å²) in [6.45, 7) is 2.08. The van der Waals surface area contributed by atoms with Crippen molar-refractivity contribution in [3.63, 3.8) is 0 Å². The molecule has 3 aromatic rings. The summed E-state index contributed by atoms with van der Waals surface area (Å²) in [6.07, 6.45) is 1.78. The van der Waals surface area contributed by atoms with Gasteiger partial charge in [-0.25, -0.2) is 9.48 Å². The van der Waals surface area contributed by atoms with E-state index in [0.29, 0.717) is 16.5 Å². The fourth-order valence-electron chi connectivity index (χ4n) is 2.39. The van der Waals surface area contributed by atoms with Crippen LogP contribution in [0.3, 0.4) is 0 Å². The minimum absolute atomic E-state index is 0.331. The van der Waals surface area contributed by atoms with Crippen LogP contribution in [0.1, 0.15) is 29.4 Å². The first-order valence-corrected chi connectivity index (χ1v) is 8.18. The summed E-state index contributed by atoms with van der Waals surface area (Å²) in [4.78, 5) is 12.4. The monoisotopic (exact) mass is 340 g/mol. The third-order valence-corrected chi connectivity index (χ3v) is 3.85. The molecule has 24 heavy (non-hydrogen) atoms. The summed E-state index contributed by atoms with van der Waals surface area (Å²) < 4.78 is 7.21. The predicted octanol–water partition coefficient (Wildman–Crippen LogP) is 4.70. The molecule has 0 saturated carbocycles. The minimum Gasteiger partial charge on any atom is -0.404 e. The van der Waals surface area contributed by atoms with Gasteiger partial charge in [-0.15, -0.1) is 0 Å². The standard InChI is InChI=1S/C19H17ClN2O2/c1-2-8-14-13-18(22(21-14)15-9-4-3-5-10-15)24-19(23)16-11-6-7-12-17(16)20/h3-7,9-13H,2,8H2,1H3. The molecular weight excluding hydrogens is 324 g/mol. The zero-order valence-electron chi connectivity index (χ0n) is 13.3. The van der Waals surface area contributed by atoms with Crippen molar-refractivity contribution in [2.45, 2.75) is 19.8 Å². The van der Waals surface area contributed by atoms with Gasteiger partial charge in [0.25, 0.3) is 0 Å². The van der Waals surface area contributed by atoms with Crippen LogP contribution in [0, 0.1) is 0 Å². The van der Waals surface area contributed by atoms with Gasteiger partial charge in [0.15, 0.2) is 0 Å². The van der Waals surface area contributed by atoms with Crippen molar-refractivity contribution in [1.29, 1.82) is 0 Å². The van der Waals surface area contributed by atoms with Gasteiger partial charge < -0.3 is 4.74 Å². The van der Waals surface area contributed by atoms with E-state index in [1.807, 2.05) is 30.3 Å². The Bertz CT molecular complexity index is 844. The average molecular weight is 341 g/mol. The van der Waals surface area contributed by atoms with E-state index in [0.717, 1.165) is 24.2 Å². The highest BCUT2D eigenvalue weighted by Gasteiger charge is 2.17. The molecule has 0 aliphatic rings. The molecule has 1 heterocycles. The number of aromatic nitrogens is 2. The Hall–Kier alpha value is -2.59. The molecule has 4 nitrogen and oxygen atoms in total. The van der Waals surface area contributed by atoms with Gasteiger partial charge in [0.05, 0.1) is 22.0 Å². The number of carbonyl (C=O) groups is 1. The van der Waals surface area contributed by atoms with Crippen LogP contribution in [0.5, 0.6) is 5.88 Å². The van der Waals surface area contributed by atoms with E-state index in [9.17, 15) is 4.79 Å². The van der Waals surface area contributed by atoms with E-state index in [2.05, 4.69) is 12.0 Å². The van der Waals surface area contributed by atoms with Crippen molar-refractivity contribution in [1.82, 2.24) is 9.78 Å². The van der Waals surface area contributed by atoms with Gasteiger partial charge in [0, 0.05) is 6.07 Å². The third-order valence-electron chi connectivity index (χ3n) is 3.53. The SMILES string of the molecule is CCCc1cc(OC(=O)c2ccccc2Cl)n(-c2ccccc2)n1. The number of ether oxygens (including phenoxy) is 1. The van der Waals surface area contributed by atoms with E-state index < -0.39 is 5.97 Å². The Morgan fingerprint density at radius 1 is 1.12 bits per heavy atom. The van der Waals surface area contributed by atoms with Crippen LogP contribution in [0.4, 0.5) is 0 Å². The van der Waals surface area contributed by atoms with Crippen LogP contribution in [0.15, 0.2) is 60.7 Å². The second kappa shape index (κ2) is 7.32. The molecule has 0 spiro atoms. The molecule has 0 bridgehead atoms. The molecule has 0 unspecified atom stereocenters. The van der Waals surface area contributed by atoms with Gasteiger partial charge in [0.2, 0.25) is 5.88 Å². The van der Waals surface area contributed by atoms with Crippen LogP contribution < -0.4 is 4.74 Å². The highest BCUT2D eigenvalue weighted by atomic mass is 35.5. The van der Waals surface area contributed by atoms with Gasteiger partial charge in [-0.2, -0.15) is 5.10 Å². The lowest BCUT2D eigenvalue weighted by molar-refractivity contribution is 0.0723. The first kappa shape index (κ1) is 16.3. The highest BCUT2D eigenvalue weighted by Crippen LogP contribution is 2.23. The van der Waals surface area contributed by atoms with E-state index in [1.165, 1.54) is 0 Å². The maximum absolute atomic E-state index is 12.4. The van der Waals surface area contributed by atoms with Crippen molar-refractivity contribution in [2.75, 3.05) is 0 Å². The van der Waals surface area contributed by atoms with Crippen molar-refractivity contribution >= 4 is 17.6 Å². The highest BCUT2D eigenvalue weighted by molar-refractivity contribution is 6.33. The lowest BCUT2D eigenvalue weighted by Gasteiger charge is -2.08. The van der Waals surface area contributed by atoms with Crippen LogP contribution in [-0.4, -0.2) is 15.7 Å². The number of nitrogens with zero attached hydrogens (tertiary/aromatic N) is 2. The summed E-state index contributed by atoms with van der Waals surface area (Å²) in [5, 5.41) is 4.91. The molecule has 0 N–H and O–H groups in total. The van der Waals surface area contributed by atoms with Gasteiger partial charge in [0.1, 0.15) is 0 Å². The second-order valence-corrected chi connectivity index (χ2v) is 5.75. The molecule has 5 heteroatoms. The van der Waals surface area contributed by atoms with Crippen LogP contribution in [0.25, 0.3) is 5.69 Å². The molecule has 0 atom stereocenters. The summed E-state index contributed by atoms with van der Waals surface area (Å²) in [7, 11) is 0. The Balaban J connectivity index is 1.95. The second-order valence-electron chi connectivity index (χ2n) is 5.34. The van der Waals surface area contributed by atoms with Gasteiger partial charge in [-0.05, 0) is 30.7 Å². The number of hydrogen-bond acceptors (Lipinski definition) is 3. The summed E-state index contributed by atoms with van der Waals surface area (Å²) >= 11 is 6.07. The van der Waals surface area contributed by atoms with Crippen molar-refractivity contribution in [3.05, 3.63) is 76.9 Å². The van der Waals surface area contributed by atoms with Crippen molar-refractivity contribution in [3.8, 4) is 11.6 Å². The molecule has 2 aromatic carbocycles. The molecule has 0 saturated heterocycles. The quantitative estimate of drug-likeness (QED) is 0.632. The molecule has 0 aliphatic carbocycles. The maximum atomic E-state index is 12.4. The number of rotatable bonds is 5. The first-order valence-electron chi connectivity index (χ1n) is 7.80. The number of para-hydroxylation sites is 1. The number of hydrogen-bond donors (Lipinski definition) is 0. The fourth-order valence-corrected chi connectivity index (χ4v) is 2.61. The van der Waals surface area contributed by atoms with Crippen molar-refractivity contribution < 1.29 is 9.53 Å². The Morgan fingerprint density at radius 3 is 2.54 bits per heavy atom. The normalized spacial score (nSPS) is 10.6.